The number of hydrogen-bond acceptors (Lipinski definition) is 7. The van der Waals surface area contributed by atoms with E-state index in [9.17, 15) is 22.8 Å². The van der Waals surface area contributed by atoms with E-state index in [1.54, 1.807) is 11.4 Å². The summed E-state index contributed by atoms with van der Waals surface area (Å²) in [6, 6.07) is 9.00. The van der Waals surface area contributed by atoms with Crippen LogP contribution in [0.15, 0.2) is 46.0 Å². The molecule has 2 unspecified atom stereocenters. The molecule has 0 saturated carbocycles. The number of carbonyl (C=O) groups excluding carboxylic acids is 3. The molecule has 37 heavy (non-hydrogen) atoms. The quantitative estimate of drug-likeness (QED) is 0.524. The van der Waals surface area contributed by atoms with Crippen molar-refractivity contribution in [2.45, 2.75) is 61.9 Å². The highest BCUT2D eigenvalue weighted by molar-refractivity contribution is 7.91. The van der Waals surface area contributed by atoms with Crippen molar-refractivity contribution in [3.8, 4) is 0 Å². The highest BCUT2D eigenvalue weighted by Gasteiger charge is 2.37. The van der Waals surface area contributed by atoms with E-state index in [2.05, 4.69) is 10.6 Å². The largest absolute Gasteiger partial charge is 0.362 e. The third-order valence-electron chi connectivity index (χ3n) is 6.92. The topological polar surface area (TPSA) is 116 Å². The molecule has 1 aromatic carbocycles. The Morgan fingerprint density at radius 3 is 2.59 bits per heavy atom. The Morgan fingerprint density at radius 1 is 1.16 bits per heavy atom. The number of benzene rings is 1. The number of likely N-dealkylation sites (N-methyl/N-ethyl adjacent to an activating group) is 1. The number of fused-ring (bicyclic) bond motifs is 1. The van der Waals surface area contributed by atoms with Gasteiger partial charge in [-0.2, -0.15) is 4.31 Å². The van der Waals surface area contributed by atoms with Crippen molar-refractivity contribution in [1.29, 1.82) is 0 Å². The van der Waals surface area contributed by atoms with Crippen LogP contribution in [0.2, 0.25) is 0 Å². The fourth-order valence-electron chi connectivity index (χ4n) is 4.94. The lowest BCUT2D eigenvalue weighted by atomic mass is 10.0. The highest BCUT2D eigenvalue weighted by Crippen LogP contribution is 2.30. The Kier molecular flexibility index (Phi) is 8.35. The Morgan fingerprint density at radius 2 is 1.92 bits per heavy atom. The molecule has 0 aliphatic carbocycles. The van der Waals surface area contributed by atoms with Crippen molar-refractivity contribution < 1.29 is 22.8 Å². The second-order valence-electron chi connectivity index (χ2n) is 10.1. The lowest BCUT2D eigenvalue weighted by molar-refractivity contribution is -0.132. The number of amides is 2. The van der Waals surface area contributed by atoms with Crippen molar-refractivity contribution in [2.24, 2.45) is 5.92 Å². The first kappa shape index (κ1) is 27.3. The molecule has 0 spiro atoms. The zero-order chi connectivity index (χ0) is 26.7. The molecule has 1 saturated heterocycles. The lowest BCUT2D eigenvalue weighted by Crippen LogP contribution is -2.55. The average molecular weight is 547 g/mol. The molecule has 3 heterocycles. The number of rotatable bonds is 8. The molecule has 9 nitrogen and oxygen atoms in total. The summed E-state index contributed by atoms with van der Waals surface area (Å²) in [7, 11) is -1.89. The Bertz CT molecular complexity index is 1250. The molecule has 0 bridgehead atoms. The number of hydrogen-bond donors (Lipinski definition) is 2. The third kappa shape index (κ3) is 6.05. The van der Waals surface area contributed by atoms with Gasteiger partial charge >= 0.3 is 0 Å². The summed E-state index contributed by atoms with van der Waals surface area (Å²) in [5.74, 6) is -0.884. The molecule has 2 aliphatic heterocycles. The van der Waals surface area contributed by atoms with E-state index in [1.165, 1.54) is 10.4 Å². The molecule has 200 valence electrons. The van der Waals surface area contributed by atoms with Gasteiger partial charge in [-0.15, -0.1) is 11.3 Å². The summed E-state index contributed by atoms with van der Waals surface area (Å²) in [4.78, 5) is 41.5. The summed E-state index contributed by atoms with van der Waals surface area (Å²) in [6.07, 6.45) is 1.75. The van der Waals surface area contributed by atoms with Crippen molar-refractivity contribution in [1.82, 2.24) is 14.9 Å². The van der Waals surface area contributed by atoms with E-state index in [-0.39, 0.29) is 34.9 Å². The average Bonchev–Trinajstić information content (AvgIpc) is 3.47. The predicted octanol–water partition coefficient (Wildman–Crippen LogP) is 2.18. The molecular formula is C26H34N4O5S2. The molecule has 1 fully saturated rings. The second kappa shape index (κ2) is 11.3. The normalized spacial score (nSPS) is 21.4. The van der Waals surface area contributed by atoms with Gasteiger partial charge in [-0.05, 0) is 48.3 Å². The van der Waals surface area contributed by atoms with Crippen molar-refractivity contribution in [3.05, 3.63) is 47.3 Å². The lowest BCUT2D eigenvalue weighted by Gasteiger charge is -2.27. The van der Waals surface area contributed by atoms with Gasteiger partial charge in [-0.25, -0.2) is 8.42 Å². The summed E-state index contributed by atoms with van der Waals surface area (Å²) < 4.78 is 27.2. The Labute approximate surface area is 222 Å². The minimum atomic E-state index is -3.76. The number of nitrogens with one attached hydrogen (secondary N) is 2. The van der Waals surface area contributed by atoms with Gasteiger partial charge in [0.1, 0.15) is 16.3 Å². The first-order valence-electron chi connectivity index (χ1n) is 12.6. The van der Waals surface area contributed by atoms with Crippen molar-refractivity contribution in [3.63, 3.8) is 0 Å². The Balaban J connectivity index is 1.41. The number of anilines is 1. The van der Waals surface area contributed by atoms with E-state index in [1.807, 2.05) is 50.1 Å². The summed E-state index contributed by atoms with van der Waals surface area (Å²) >= 11 is 1.11. The van der Waals surface area contributed by atoms with Crippen LogP contribution in [0.5, 0.6) is 0 Å². The number of ketones is 1. The molecule has 2 aromatic rings. The Hall–Kier alpha value is -2.76. The van der Waals surface area contributed by atoms with Gasteiger partial charge in [0.25, 0.3) is 10.0 Å². The van der Waals surface area contributed by atoms with Crippen molar-refractivity contribution in [2.75, 3.05) is 25.0 Å². The van der Waals surface area contributed by atoms with Crippen LogP contribution >= 0.6 is 11.3 Å². The molecule has 2 aliphatic rings. The fourth-order valence-corrected chi connectivity index (χ4v) is 7.53. The monoisotopic (exact) mass is 546 g/mol. The minimum Gasteiger partial charge on any atom is -0.362 e. The van der Waals surface area contributed by atoms with E-state index >= 15 is 0 Å². The maximum absolute atomic E-state index is 13.3. The van der Waals surface area contributed by atoms with Crippen LogP contribution < -0.4 is 15.5 Å². The maximum atomic E-state index is 13.3. The second-order valence-corrected chi connectivity index (χ2v) is 13.2. The summed E-state index contributed by atoms with van der Waals surface area (Å²) in [6.45, 7) is 3.85. The molecule has 2 amide bonds. The third-order valence-corrected chi connectivity index (χ3v) is 10.1. The molecular weight excluding hydrogens is 512 g/mol. The zero-order valence-corrected chi connectivity index (χ0v) is 23.0. The van der Waals surface area contributed by atoms with Gasteiger partial charge in [-0.3, -0.25) is 14.4 Å². The van der Waals surface area contributed by atoms with E-state index in [4.69, 9.17) is 0 Å². The fraction of sp³-hybridized carbons (Fsp3) is 0.500. The van der Waals surface area contributed by atoms with Gasteiger partial charge < -0.3 is 15.5 Å². The van der Waals surface area contributed by atoms with Crippen LogP contribution in [0, 0.1) is 5.92 Å². The van der Waals surface area contributed by atoms with Gasteiger partial charge in [0, 0.05) is 25.7 Å². The van der Waals surface area contributed by atoms with Gasteiger partial charge in [0.15, 0.2) is 5.78 Å². The standard InChI is InChI=1S/C26H34N4O5S2/c1-17(2)14-20(28-26(33)22-15-18-8-4-5-10-21(18)29(22)3)25(32)27-19-9-6-12-30(16-23(19)31)37(34,35)24-11-7-13-36-24/h4-5,7-8,10-11,13,17,19-20,22H,6,9,12,14-16H2,1-3H3,(H,27,32)(H,28,33)/t19-,20?,22?/m0/s1. The van der Waals surface area contributed by atoms with Crippen molar-refractivity contribution >= 4 is 44.6 Å². The van der Waals surface area contributed by atoms with E-state index in [0.717, 1.165) is 22.6 Å². The number of para-hydroxylation sites is 1. The number of carbonyl (C=O) groups is 3. The summed E-state index contributed by atoms with van der Waals surface area (Å²) in [5.41, 5.74) is 2.08. The molecule has 0 radical (unpaired) electrons. The van der Waals surface area contributed by atoms with Crippen LogP contribution in [-0.2, 0) is 30.8 Å². The molecule has 2 N–H and O–H groups in total. The molecule has 4 rings (SSSR count). The number of Topliss-reactive ketones (excluding diaryl/α,β-unsaturated/α-hetero) is 1. The summed E-state index contributed by atoms with van der Waals surface area (Å²) in [5, 5.41) is 7.41. The molecule has 11 heteroatoms. The van der Waals surface area contributed by atoms with Gasteiger partial charge in [0.2, 0.25) is 11.8 Å². The van der Waals surface area contributed by atoms with Crippen LogP contribution in [0.3, 0.4) is 0 Å². The number of nitrogens with zero attached hydrogens (tertiary/aromatic N) is 2. The van der Waals surface area contributed by atoms with E-state index in [0.29, 0.717) is 25.7 Å². The van der Waals surface area contributed by atoms with Crippen LogP contribution in [0.1, 0.15) is 38.7 Å². The SMILES string of the molecule is CC(C)CC(NC(=O)C1Cc2ccccc2N1C)C(=O)N[C@H]1CCCN(S(=O)(=O)c2cccs2)CC1=O. The first-order valence-corrected chi connectivity index (χ1v) is 14.9. The number of sulfonamides is 1. The smallest absolute Gasteiger partial charge is 0.252 e. The van der Waals surface area contributed by atoms with Gasteiger partial charge in [-0.1, -0.05) is 38.1 Å². The van der Waals surface area contributed by atoms with Gasteiger partial charge in [0.05, 0.1) is 12.6 Å². The maximum Gasteiger partial charge on any atom is 0.252 e. The zero-order valence-electron chi connectivity index (χ0n) is 21.3. The van der Waals surface area contributed by atoms with E-state index < -0.39 is 34.1 Å². The molecule has 1 aromatic heterocycles. The highest BCUT2D eigenvalue weighted by atomic mass is 32.2. The first-order chi connectivity index (χ1) is 17.6. The van der Waals surface area contributed by atoms with Crippen LogP contribution in [0.4, 0.5) is 5.69 Å². The number of thiophene rings is 1. The van der Waals surface area contributed by atoms with Crippen LogP contribution in [0.25, 0.3) is 0 Å². The predicted molar refractivity (Wildman–Crippen MR) is 143 cm³/mol. The van der Waals surface area contributed by atoms with Crippen LogP contribution in [-0.4, -0.2) is 68.6 Å². The minimum absolute atomic E-state index is 0.130. The molecule has 3 atom stereocenters.